The number of oxazole rings is 1. The second-order valence-electron chi connectivity index (χ2n) is 3.93. The number of benzene rings is 1. The van der Waals surface area contributed by atoms with Gasteiger partial charge in [-0.15, -0.1) is 0 Å². The minimum absolute atomic E-state index is 0.663. The molecule has 0 saturated carbocycles. The summed E-state index contributed by atoms with van der Waals surface area (Å²) < 4.78 is 6.32. The molecule has 1 aromatic carbocycles. The molecule has 0 atom stereocenters. The minimum atomic E-state index is 0.663. The molecule has 0 fully saturated rings. The predicted molar refractivity (Wildman–Crippen MR) is 76.6 cm³/mol. The van der Waals surface area contributed by atoms with Crippen LogP contribution < -0.4 is 5.32 Å². The Morgan fingerprint density at radius 3 is 3.00 bits per heavy atom. The number of nitrogens with zero attached hydrogens (tertiary/aromatic N) is 1. The summed E-state index contributed by atoms with van der Waals surface area (Å²) in [7, 11) is 0. The Balaban J connectivity index is 2.22. The normalized spacial score (nSPS) is 10.8. The van der Waals surface area contributed by atoms with E-state index in [2.05, 4.69) is 33.2 Å². The first-order valence-corrected chi connectivity index (χ1v) is 6.98. The van der Waals surface area contributed by atoms with Crippen LogP contribution in [0, 0.1) is 0 Å². The lowest BCUT2D eigenvalue weighted by Gasteiger charge is -2.04. The Morgan fingerprint density at radius 1 is 1.44 bits per heavy atom. The fourth-order valence-corrected chi connectivity index (χ4v) is 2.08. The van der Waals surface area contributed by atoms with E-state index in [1.807, 2.05) is 18.2 Å². The van der Waals surface area contributed by atoms with Gasteiger partial charge in [0.1, 0.15) is 5.69 Å². The third kappa shape index (κ3) is 3.13. The molecule has 2 rings (SSSR count). The largest absolute Gasteiger partial charge is 0.443 e. The quantitative estimate of drug-likeness (QED) is 0.833. The van der Waals surface area contributed by atoms with Crippen molar-refractivity contribution in [3.63, 3.8) is 0 Å². The van der Waals surface area contributed by atoms with Crippen molar-refractivity contribution in [2.75, 3.05) is 6.54 Å². The van der Waals surface area contributed by atoms with Crippen LogP contribution in [0.15, 0.2) is 33.5 Å². The topological polar surface area (TPSA) is 38.1 Å². The van der Waals surface area contributed by atoms with E-state index in [9.17, 15) is 0 Å². The van der Waals surface area contributed by atoms with Gasteiger partial charge < -0.3 is 9.73 Å². The first-order chi connectivity index (χ1) is 8.72. The zero-order chi connectivity index (χ0) is 13.0. The van der Waals surface area contributed by atoms with Gasteiger partial charge in [0, 0.05) is 16.6 Å². The molecule has 0 saturated heterocycles. The van der Waals surface area contributed by atoms with Crippen LogP contribution >= 0.6 is 27.5 Å². The number of aromatic nitrogens is 1. The average Bonchev–Trinajstić information content (AvgIpc) is 2.81. The van der Waals surface area contributed by atoms with E-state index in [1.54, 1.807) is 0 Å². The Hall–Kier alpha value is -0.840. The summed E-state index contributed by atoms with van der Waals surface area (Å²) in [6.45, 7) is 3.80. The van der Waals surface area contributed by atoms with Gasteiger partial charge in [0.25, 0.3) is 0 Å². The molecular formula is C13H14BrClN2O. The lowest BCUT2D eigenvalue weighted by molar-refractivity contribution is 0.569. The van der Waals surface area contributed by atoms with Crippen LogP contribution in [0.2, 0.25) is 5.02 Å². The lowest BCUT2D eigenvalue weighted by atomic mass is 10.1. The molecular weight excluding hydrogens is 316 g/mol. The molecule has 18 heavy (non-hydrogen) atoms. The first-order valence-electron chi connectivity index (χ1n) is 5.81. The summed E-state index contributed by atoms with van der Waals surface area (Å²) in [6.07, 6.45) is 2.56. The number of rotatable bonds is 5. The molecule has 0 bridgehead atoms. The molecule has 1 aromatic heterocycles. The highest BCUT2D eigenvalue weighted by atomic mass is 79.9. The third-order valence-corrected chi connectivity index (χ3v) is 3.77. The second kappa shape index (κ2) is 6.36. The molecule has 3 nitrogen and oxygen atoms in total. The van der Waals surface area contributed by atoms with Gasteiger partial charge in [0.05, 0.1) is 5.02 Å². The standard InChI is InChI=1S/C13H14BrClN2O/c1-2-5-16-7-12-13(18-8-17-12)9-3-4-10(14)11(15)6-9/h3-4,6,8,16H,2,5,7H2,1H3. The van der Waals surface area contributed by atoms with Gasteiger partial charge in [-0.2, -0.15) is 0 Å². The number of hydrogen-bond donors (Lipinski definition) is 1. The molecule has 0 aliphatic rings. The lowest BCUT2D eigenvalue weighted by Crippen LogP contribution is -2.14. The van der Waals surface area contributed by atoms with E-state index in [0.717, 1.165) is 34.5 Å². The van der Waals surface area contributed by atoms with E-state index in [4.69, 9.17) is 16.0 Å². The molecule has 0 radical (unpaired) electrons. The van der Waals surface area contributed by atoms with Gasteiger partial charge in [-0.3, -0.25) is 0 Å². The van der Waals surface area contributed by atoms with E-state index >= 15 is 0 Å². The van der Waals surface area contributed by atoms with Crippen molar-refractivity contribution in [2.45, 2.75) is 19.9 Å². The van der Waals surface area contributed by atoms with Gasteiger partial charge in [-0.1, -0.05) is 18.5 Å². The van der Waals surface area contributed by atoms with E-state index in [-0.39, 0.29) is 0 Å². The minimum Gasteiger partial charge on any atom is -0.443 e. The van der Waals surface area contributed by atoms with Crippen LogP contribution in [-0.4, -0.2) is 11.5 Å². The summed E-state index contributed by atoms with van der Waals surface area (Å²) in [5.74, 6) is 0.771. The number of hydrogen-bond acceptors (Lipinski definition) is 3. The van der Waals surface area contributed by atoms with Crippen LogP contribution in [0.25, 0.3) is 11.3 Å². The third-order valence-electron chi connectivity index (χ3n) is 2.54. The van der Waals surface area contributed by atoms with Crippen LogP contribution in [0.5, 0.6) is 0 Å². The van der Waals surface area contributed by atoms with E-state index < -0.39 is 0 Å². The van der Waals surface area contributed by atoms with Crippen LogP contribution in [0.4, 0.5) is 0 Å². The van der Waals surface area contributed by atoms with E-state index in [0.29, 0.717) is 11.6 Å². The zero-order valence-electron chi connectivity index (χ0n) is 10.0. The molecule has 0 aliphatic carbocycles. The fraction of sp³-hybridized carbons (Fsp3) is 0.308. The number of halogens is 2. The molecule has 96 valence electrons. The number of nitrogens with one attached hydrogen (secondary N) is 1. The van der Waals surface area contributed by atoms with Crippen molar-refractivity contribution in [3.8, 4) is 11.3 Å². The molecule has 5 heteroatoms. The van der Waals surface area contributed by atoms with Crippen molar-refractivity contribution in [1.29, 1.82) is 0 Å². The second-order valence-corrected chi connectivity index (χ2v) is 5.20. The van der Waals surface area contributed by atoms with Crippen molar-refractivity contribution in [3.05, 3.63) is 39.8 Å². The molecule has 0 amide bonds. The van der Waals surface area contributed by atoms with Gasteiger partial charge in [0.15, 0.2) is 12.2 Å². The SMILES string of the molecule is CCCNCc1ncoc1-c1ccc(Br)c(Cl)c1. The van der Waals surface area contributed by atoms with Crippen molar-refractivity contribution < 1.29 is 4.42 Å². The summed E-state index contributed by atoms with van der Waals surface area (Å²) in [5.41, 5.74) is 1.84. The summed E-state index contributed by atoms with van der Waals surface area (Å²) in [4.78, 5) is 4.23. The molecule has 1 N–H and O–H groups in total. The highest BCUT2D eigenvalue weighted by Crippen LogP contribution is 2.30. The molecule has 2 aromatic rings. The maximum atomic E-state index is 6.09. The molecule has 0 aliphatic heterocycles. The summed E-state index contributed by atoms with van der Waals surface area (Å²) in [5, 5.41) is 3.97. The first kappa shape index (κ1) is 13.6. The van der Waals surface area contributed by atoms with Crippen LogP contribution in [0.1, 0.15) is 19.0 Å². The Morgan fingerprint density at radius 2 is 2.28 bits per heavy atom. The highest BCUT2D eigenvalue weighted by Gasteiger charge is 2.11. The maximum absolute atomic E-state index is 6.09. The molecule has 0 unspecified atom stereocenters. The van der Waals surface area contributed by atoms with Crippen LogP contribution in [0.3, 0.4) is 0 Å². The van der Waals surface area contributed by atoms with Crippen molar-refractivity contribution >= 4 is 27.5 Å². The van der Waals surface area contributed by atoms with Crippen molar-refractivity contribution in [2.24, 2.45) is 0 Å². The predicted octanol–water partition coefficient (Wildman–Crippen LogP) is 4.26. The Labute approximate surface area is 120 Å². The monoisotopic (exact) mass is 328 g/mol. The molecule has 1 heterocycles. The van der Waals surface area contributed by atoms with Gasteiger partial charge in [0.2, 0.25) is 0 Å². The average molecular weight is 330 g/mol. The Bertz CT molecular complexity index is 527. The Kier molecular flexibility index (Phi) is 4.80. The van der Waals surface area contributed by atoms with Gasteiger partial charge >= 0.3 is 0 Å². The summed E-state index contributed by atoms with van der Waals surface area (Å²) in [6, 6.07) is 5.73. The maximum Gasteiger partial charge on any atom is 0.181 e. The smallest absolute Gasteiger partial charge is 0.181 e. The molecule has 0 spiro atoms. The van der Waals surface area contributed by atoms with Gasteiger partial charge in [-0.25, -0.2) is 4.98 Å². The van der Waals surface area contributed by atoms with Crippen molar-refractivity contribution in [1.82, 2.24) is 10.3 Å². The highest BCUT2D eigenvalue weighted by molar-refractivity contribution is 9.10. The van der Waals surface area contributed by atoms with Gasteiger partial charge in [-0.05, 0) is 47.1 Å². The fourth-order valence-electron chi connectivity index (χ4n) is 1.65. The summed E-state index contributed by atoms with van der Waals surface area (Å²) >= 11 is 9.46. The zero-order valence-corrected chi connectivity index (χ0v) is 12.4. The van der Waals surface area contributed by atoms with Crippen LogP contribution in [-0.2, 0) is 6.54 Å². The van der Waals surface area contributed by atoms with E-state index in [1.165, 1.54) is 6.39 Å².